The summed E-state index contributed by atoms with van der Waals surface area (Å²) in [6, 6.07) is 5.46. The average molecular weight is 199 g/mol. The van der Waals surface area contributed by atoms with E-state index in [1.54, 1.807) is 12.1 Å². The largest absolute Gasteiger partial charge is 0.355 e. The van der Waals surface area contributed by atoms with E-state index >= 15 is 0 Å². The Morgan fingerprint density at radius 3 is 2.85 bits per heavy atom. The van der Waals surface area contributed by atoms with Gasteiger partial charge in [-0.2, -0.15) is 0 Å². The standard InChI is InChI=1S/C9H11ClN2O/c10-9-2-1-7(4-11)8(3-9)5-12-6-13/h1-3,6H,4-5,11H2,(H,12,13). The van der Waals surface area contributed by atoms with E-state index in [4.69, 9.17) is 17.3 Å². The maximum atomic E-state index is 10.1. The van der Waals surface area contributed by atoms with Gasteiger partial charge >= 0.3 is 0 Å². The van der Waals surface area contributed by atoms with Gasteiger partial charge in [-0.15, -0.1) is 0 Å². The van der Waals surface area contributed by atoms with Crippen molar-refractivity contribution in [3.63, 3.8) is 0 Å². The summed E-state index contributed by atoms with van der Waals surface area (Å²) < 4.78 is 0. The summed E-state index contributed by atoms with van der Waals surface area (Å²) in [5, 5.41) is 3.22. The van der Waals surface area contributed by atoms with E-state index in [2.05, 4.69) is 5.32 Å². The molecular formula is C9H11ClN2O. The highest BCUT2D eigenvalue weighted by atomic mass is 35.5. The molecule has 4 heteroatoms. The lowest BCUT2D eigenvalue weighted by atomic mass is 10.1. The molecule has 3 nitrogen and oxygen atoms in total. The van der Waals surface area contributed by atoms with Crippen LogP contribution < -0.4 is 11.1 Å². The summed E-state index contributed by atoms with van der Waals surface area (Å²) in [5.41, 5.74) is 7.47. The highest BCUT2D eigenvalue weighted by Crippen LogP contribution is 2.15. The Balaban J connectivity index is 2.87. The fourth-order valence-corrected chi connectivity index (χ4v) is 1.30. The molecule has 0 aromatic heterocycles. The van der Waals surface area contributed by atoms with Crippen molar-refractivity contribution < 1.29 is 4.79 Å². The van der Waals surface area contributed by atoms with Gasteiger partial charge in [-0.1, -0.05) is 17.7 Å². The van der Waals surface area contributed by atoms with E-state index in [-0.39, 0.29) is 0 Å². The summed E-state index contributed by atoms with van der Waals surface area (Å²) >= 11 is 5.80. The Hall–Kier alpha value is -1.06. The van der Waals surface area contributed by atoms with E-state index < -0.39 is 0 Å². The predicted octanol–water partition coefficient (Wildman–Crippen LogP) is 1.04. The summed E-state index contributed by atoms with van der Waals surface area (Å²) in [4.78, 5) is 10.1. The van der Waals surface area contributed by atoms with Crippen LogP contribution in [0.25, 0.3) is 0 Å². The highest BCUT2D eigenvalue weighted by Gasteiger charge is 2.00. The van der Waals surface area contributed by atoms with E-state index in [9.17, 15) is 4.79 Å². The molecule has 1 aromatic carbocycles. The Morgan fingerprint density at radius 2 is 2.23 bits per heavy atom. The van der Waals surface area contributed by atoms with Crippen LogP contribution in [-0.2, 0) is 17.9 Å². The quantitative estimate of drug-likeness (QED) is 0.711. The maximum absolute atomic E-state index is 10.1. The number of amides is 1. The number of carbonyl (C=O) groups excluding carboxylic acids is 1. The molecule has 0 bridgehead atoms. The molecule has 0 aliphatic carbocycles. The van der Waals surface area contributed by atoms with Gasteiger partial charge in [0.25, 0.3) is 0 Å². The van der Waals surface area contributed by atoms with Crippen LogP contribution in [0.15, 0.2) is 18.2 Å². The van der Waals surface area contributed by atoms with Crippen molar-refractivity contribution in [2.75, 3.05) is 0 Å². The third kappa shape index (κ3) is 2.72. The molecule has 13 heavy (non-hydrogen) atoms. The second-order valence-corrected chi connectivity index (χ2v) is 3.05. The van der Waals surface area contributed by atoms with Crippen LogP contribution in [0.4, 0.5) is 0 Å². The van der Waals surface area contributed by atoms with Crippen LogP contribution in [0.1, 0.15) is 11.1 Å². The Bertz CT molecular complexity index is 302. The zero-order valence-electron chi connectivity index (χ0n) is 7.09. The fraction of sp³-hybridized carbons (Fsp3) is 0.222. The molecule has 1 amide bonds. The van der Waals surface area contributed by atoms with E-state index in [0.717, 1.165) is 11.1 Å². The van der Waals surface area contributed by atoms with Gasteiger partial charge in [0.15, 0.2) is 0 Å². The lowest BCUT2D eigenvalue weighted by Crippen LogP contribution is -2.12. The first-order valence-corrected chi connectivity index (χ1v) is 4.30. The van der Waals surface area contributed by atoms with Crippen molar-refractivity contribution in [2.45, 2.75) is 13.1 Å². The number of nitrogens with two attached hydrogens (primary N) is 1. The third-order valence-electron chi connectivity index (χ3n) is 1.76. The van der Waals surface area contributed by atoms with Gasteiger partial charge in [0.05, 0.1) is 0 Å². The monoisotopic (exact) mass is 198 g/mol. The molecule has 0 heterocycles. The van der Waals surface area contributed by atoms with Crippen LogP contribution in [0, 0.1) is 0 Å². The van der Waals surface area contributed by atoms with Gasteiger partial charge in [-0.3, -0.25) is 4.79 Å². The fourth-order valence-electron chi connectivity index (χ4n) is 1.11. The lowest BCUT2D eigenvalue weighted by Gasteiger charge is -2.06. The van der Waals surface area contributed by atoms with Crippen LogP contribution >= 0.6 is 11.6 Å². The molecule has 0 atom stereocenters. The SMILES string of the molecule is NCc1ccc(Cl)cc1CNC=O. The zero-order chi connectivity index (χ0) is 9.68. The molecule has 0 saturated carbocycles. The molecule has 0 saturated heterocycles. The predicted molar refractivity (Wildman–Crippen MR) is 52.2 cm³/mol. The zero-order valence-corrected chi connectivity index (χ0v) is 7.84. The molecule has 0 aliphatic heterocycles. The molecule has 70 valence electrons. The normalized spacial score (nSPS) is 9.69. The van der Waals surface area contributed by atoms with Gasteiger partial charge in [0.1, 0.15) is 0 Å². The van der Waals surface area contributed by atoms with Crippen LogP contribution in [0.3, 0.4) is 0 Å². The van der Waals surface area contributed by atoms with E-state index in [0.29, 0.717) is 24.5 Å². The summed E-state index contributed by atoms with van der Waals surface area (Å²) in [7, 11) is 0. The minimum atomic E-state index is 0.451. The van der Waals surface area contributed by atoms with Crippen LogP contribution in [0.2, 0.25) is 5.02 Å². The maximum Gasteiger partial charge on any atom is 0.207 e. The summed E-state index contributed by atoms with van der Waals surface area (Å²) in [6.45, 7) is 0.920. The summed E-state index contributed by atoms with van der Waals surface area (Å²) in [5.74, 6) is 0. The van der Waals surface area contributed by atoms with Crippen molar-refractivity contribution in [3.8, 4) is 0 Å². The smallest absolute Gasteiger partial charge is 0.207 e. The van der Waals surface area contributed by atoms with Crippen molar-refractivity contribution in [3.05, 3.63) is 34.3 Å². The van der Waals surface area contributed by atoms with Crippen molar-refractivity contribution in [1.29, 1.82) is 0 Å². The van der Waals surface area contributed by atoms with Crippen molar-refractivity contribution in [1.82, 2.24) is 5.32 Å². The van der Waals surface area contributed by atoms with Gasteiger partial charge in [0, 0.05) is 18.1 Å². The number of hydrogen-bond donors (Lipinski definition) is 2. The number of hydrogen-bond acceptors (Lipinski definition) is 2. The lowest BCUT2D eigenvalue weighted by molar-refractivity contribution is -0.109. The highest BCUT2D eigenvalue weighted by molar-refractivity contribution is 6.30. The average Bonchev–Trinajstić information content (AvgIpc) is 2.15. The van der Waals surface area contributed by atoms with Gasteiger partial charge < -0.3 is 11.1 Å². The van der Waals surface area contributed by atoms with Crippen molar-refractivity contribution in [2.24, 2.45) is 5.73 Å². The van der Waals surface area contributed by atoms with E-state index in [1.807, 2.05) is 6.07 Å². The molecule has 3 N–H and O–H groups in total. The molecule has 0 aliphatic rings. The molecule has 0 fully saturated rings. The van der Waals surface area contributed by atoms with Crippen LogP contribution in [0.5, 0.6) is 0 Å². The number of rotatable bonds is 4. The first kappa shape index (κ1) is 10.0. The van der Waals surface area contributed by atoms with Gasteiger partial charge in [-0.05, 0) is 23.3 Å². The number of halogens is 1. The second-order valence-electron chi connectivity index (χ2n) is 2.62. The number of carbonyl (C=O) groups is 1. The molecule has 0 unspecified atom stereocenters. The minimum absolute atomic E-state index is 0.451. The number of nitrogens with one attached hydrogen (secondary N) is 1. The van der Waals surface area contributed by atoms with Gasteiger partial charge in [0.2, 0.25) is 6.41 Å². The topological polar surface area (TPSA) is 55.1 Å². The second kappa shape index (κ2) is 4.84. The van der Waals surface area contributed by atoms with Crippen LogP contribution in [-0.4, -0.2) is 6.41 Å². The summed E-state index contributed by atoms with van der Waals surface area (Å²) in [6.07, 6.45) is 0.654. The molecule has 0 spiro atoms. The van der Waals surface area contributed by atoms with Gasteiger partial charge in [-0.25, -0.2) is 0 Å². The molecule has 0 radical (unpaired) electrons. The van der Waals surface area contributed by atoms with E-state index in [1.165, 1.54) is 0 Å². The molecule has 1 rings (SSSR count). The van der Waals surface area contributed by atoms with Crippen molar-refractivity contribution >= 4 is 18.0 Å². The Labute approximate surface area is 81.9 Å². The minimum Gasteiger partial charge on any atom is -0.355 e. The Kier molecular flexibility index (Phi) is 3.73. The third-order valence-corrected chi connectivity index (χ3v) is 2.00. The first-order chi connectivity index (χ1) is 6.27. The molecule has 1 aromatic rings. The first-order valence-electron chi connectivity index (χ1n) is 3.92. The number of benzene rings is 1. The Morgan fingerprint density at radius 1 is 1.46 bits per heavy atom. The molecular weight excluding hydrogens is 188 g/mol.